The molecule has 0 aliphatic rings. The molecule has 0 bridgehead atoms. The molecule has 2 N–H and O–H groups in total. The molecule has 0 fully saturated rings. The second kappa shape index (κ2) is 6.87. The molecule has 1 amide bonds. The zero-order chi connectivity index (χ0) is 14.4. The lowest BCUT2D eigenvalue weighted by Gasteiger charge is -2.14. The van der Waals surface area contributed by atoms with Crippen molar-refractivity contribution >= 4 is 11.6 Å². The predicted molar refractivity (Wildman–Crippen MR) is 82.4 cm³/mol. The molecule has 0 heterocycles. The number of benzene rings is 2. The van der Waals surface area contributed by atoms with Crippen molar-refractivity contribution in [2.45, 2.75) is 26.4 Å². The molecule has 0 radical (unpaired) electrons. The number of nitrogens with one attached hydrogen (secondary N) is 2. The van der Waals surface area contributed by atoms with Crippen LogP contribution in [-0.4, -0.2) is 5.91 Å². The number of hydrogen-bond donors (Lipinski definition) is 2. The fourth-order valence-corrected chi connectivity index (χ4v) is 2.04. The largest absolute Gasteiger partial charge is 0.326 e. The minimum Gasteiger partial charge on any atom is -0.326 e. The highest BCUT2D eigenvalue weighted by Crippen LogP contribution is 2.13. The van der Waals surface area contributed by atoms with Crippen LogP contribution < -0.4 is 10.6 Å². The molecular formula is C17H20N2O. The molecule has 104 valence electrons. The summed E-state index contributed by atoms with van der Waals surface area (Å²) in [6.07, 6.45) is 0. The van der Waals surface area contributed by atoms with Gasteiger partial charge >= 0.3 is 0 Å². The van der Waals surface area contributed by atoms with Crippen LogP contribution in [0.4, 0.5) is 5.69 Å². The van der Waals surface area contributed by atoms with Gasteiger partial charge in [-0.1, -0.05) is 42.5 Å². The number of rotatable bonds is 5. The normalized spacial score (nSPS) is 11.9. The summed E-state index contributed by atoms with van der Waals surface area (Å²) in [4.78, 5) is 10.9. The van der Waals surface area contributed by atoms with Crippen LogP contribution in [0.5, 0.6) is 0 Å². The Kier molecular flexibility index (Phi) is 4.91. The van der Waals surface area contributed by atoms with E-state index in [9.17, 15) is 4.79 Å². The van der Waals surface area contributed by atoms with E-state index < -0.39 is 0 Å². The molecule has 3 heteroatoms. The van der Waals surface area contributed by atoms with Gasteiger partial charge < -0.3 is 10.6 Å². The molecule has 0 spiro atoms. The summed E-state index contributed by atoms with van der Waals surface area (Å²) in [7, 11) is 0. The first-order valence-corrected chi connectivity index (χ1v) is 6.80. The zero-order valence-electron chi connectivity index (χ0n) is 11.9. The Balaban J connectivity index is 1.89. The van der Waals surface area contributed by atoms with Crippen molar-refractivity contribution in [1.29, 1.82) is 0 Å². The summed E-state index contributed by atoms with van der Waals surface area (Å²) >= 11 is 0. The molecule has 0 saturated carbocycles. The number of amides is 1. The van der Waals surface area contributed by atoms with E-state index in [0.29, 0.717) is 6.04 Å². The van der Waals surface area contributed by atoms with Crippen LogP contribution in [0.25, 0.3) is 0 Å². The van der Waals surface area contributed by atoms with E-state index in [1.807, 2.05) is 30.3 Å². The van der Waals surface area contributed by atoms with Crippen molar-refractivity contribution in [3.8, 4) is 0 Å². The maximum atomic E-state index is 10.9. The van der Waals surface area contributed by atoms with Gasteiger partial charge in [-0.3, -0.25) is 4.79 Å². The van der Waals surface area contributed by atoms with Crippen LogP contribution in [0.2, 0.25) is 0 Å². The van der Waals surface area contributed by atoms with Crippen molar-refractivity contribution in [1.82, 2.24) is 5.32 Å². The van der Waals surface area contributed by atoms with Gasteiger partial charge in [0, 0.05) is 25.2 Å². The molecule has 1 atom stereocenters. The van der Waals surface area contributed by atoms with E-state index in [-0.39, 0.29) is 5.91 Å². The van der Waals surface area contributed by atoms with Crippen LogP contribution in [-0.2, 0) is 11.3 Å². The van der Waals surface area contributed by atoms with Crippen molar-refractivity contribution in [2.24, 2.45) is 0 Å². The van der Waals surface area contributed by atoms with E-state index in [0.717, 1.165) is 12.2 Å². The Morgan fingerprint density at radius 2 is 1.70 bits per heavy atom. The van der Waals surface area contributed by atoms with E-state index in [4.69, 9.17) is 0 Å². The second-order valence-electron chi connectivity index (χ2n) is 4.89. The number of carbonyl (C=O) groups excluding carboxylic acids is 1. The number of anilines is 1. The third kappa shape index (κ3) is 4.21. The Morgan fingerprint density at radius 3 is 2.30 bits per heavy atom. The highest BCUT2D eigenvalue weighted by atomic mass is 16.1. The van der Waals surface area contributed by atoms with E-state index in [2.05, 4.69) is 41.8 Å². The molecule has 0 aliphatic carbocycles. The smallest absolute Gasteiger partial charge is 0.221 e. The maximum absolute atomic E-state index is 10.9. The Hall–Kier alpha value is -2.13. The lowest BCUT2D eigenvalue weighted by atomic mass is 10.1. The maximum Gasteiger partial charge on any atom is 0.221 e. The van der Waals surface area contributed by atoms with Gasteiger partial charge in [0.05, 0.1) is 0 Å². The average molecular weight is 268 g/mol. The van der Waals surface area contributed by atoms with Gasteiger partial charge in [-0.05, 0) is 30.2 Å². The summed E-state index contributed by atoms with van der Waals surface area (Å²) in [5.74, 6) is -0.0476. The Morgan fingerprint density at radius 1 is 1.05 bits per heavy atom. The van der Waals surface area contributed by atoms with Crippen LogP contribution in [0.15, 0.2) is 54.6 Å². The fourth-order valence-electron chi connectivity index (χ4n) is 2.04. The van der Waals surface area contributed by atoms with E-state index in [1.54, 1.807) is 0 Å². The predicted octanol–water partition coefficient (Wildman–Crippen LogP) is 3.50. The number of hydrogen-bond acceptors (Lipinski definition) is 2. The third-order valence-electron chi connectivity index (χ3n) is 3.19. The molecule has 0 aromatic heterocycles. The Labute approximate surface area is 120 Å². The summed E-state index contributed by atoms with van der Waals surface area (Å²) in [5.41, 5.74) is 3.31. The molecular weight excluding hydrogens is 248 g/mol. The SMILES string of the molecule is CC(=O)Nc1ccc(CN[C@H](C)c2ccccc2)cc1. The molecule has 2 rings (SSSR count). The topological polar surface area (TPSA) is 41.1 Å². The number of carbonyl (C=O) groups is 1. The Bertz CT molecular complexity index is 549. The minimum absolute atomic E-state index is 0.0476. The first kappa shape index (κ1) is 14.3. The molecule has 3 nitrogen and oxygen atoms in total. The van der Waals surface area contributed by atoms with Gasteiger partial charge in [0.1, 0.15) is 0 Å². The molecule has 0 saturated heterocycles. The van der Waals surface area contributed by atoms with Crippen molar-refractivity contribution in [3.05, 3.63) is 65.7 Å². The summed E-state index contributed by atoms with van der Waals surface area (Å²) in [5, 5.41) is 6.25. The molecule has 20 heavy (non-hydrogen) atoms. The molecule has 0 aliphatic heterocycles. The summed E-state index contributed by atoms with van der Waals surface area (Å²) < 4.78 is 0. The fraction of sp³-hybridized carbons (Fsp3) is 0.235. The van der Waals surface area contributed by atoms with Gasteiger partial charge in [-0.25, -0.2) is 0 Å². The van der Waals surface area contributed by atoms with E-state index in [1.165, 1.54) is 18.1 Å². The monoisotopic (exact) mass is 268 g/mol. The van der Waals surface area contributed by atoms with Crippen molar-refractivity contribution in [3.63, 3.8) is 0 Å². The summed E-state index contributed by atoms with van der Waals surface area (Å²) in [6, 6.07) is 18.6. The van der Waals surface area contributed by atoms with Gasteiger partial charge in [0.25, 0.3) is 0 Å². The van der Waals surface area contributed by atoms with E-state index >= 15 is 0 Å². The van der Waals surface area contributed by atoms with Gasteiger partial charge in [-0.15, -0.1) is 0 Å². The van der Waals surface area contributed by atoms with Crippen LogP contribution >= 0.6 is 0 Å². The quantitative estimate of drug-likeness (QED) is 0.871. The van der Waals surface area contributed by atoms with Crippen LogP contribution in [0.1, 0.15) is 31.0 Å². The molecule has 2 aromatic rings. The first-order valence-electron chi connectivity index (χ1n) is 6.80. The van der Waals surface area contributed by atoms with Crippen molar-refractivity contribution < 1.29 is 4.79 Å². The zero-order valence-corrected chi connectivity index (χ0v) is 11.9. The molecule has 0 unspecified atom stereocenters. The lowest BCUT2D eigenvalue weighted by Crippen LogP contribution is -2.18. The van der Waals surface area contributed by atoms with Crippen LogP contribution in [0.3, 0.4) is 0 Å². The van der Waals surface area contributed by atoms with Crippen molar-refractivity contribution in [2.75, 3.05) is 5.32 Å². The first-order chi connectivity index (χ1) is 9.65. The third-order valence-corrected chi connectivity index (χ3v) is 3.19. The van der Waals surface area contributed by atoms with Gasteiger partial charge in [-0.2, -0.15) is 0 Å². The summed E-state index contributed by atoms with van der Waals surface area (Å²) in [6.45, 7) is 4.47. The highest BCUT2D eigenvalue weighted by Gasteiger charge is 2.04. The lowest BCUT2D eigenvalue weighted by molar-refractivity contribution is -0.114. The molecule has 2 aromatic carbocycles. The minimum atomic E-state index is -0.0476. The standard InChI is InChI=1S/C17H20N2O/c1-13(16-6-4-3-5-7-16)18-12-15-8-10-17(11-9-15)19-14(2)20/h3-11,13,18H,12H2,1-2H3,(H,19,20)/t13-/m1/s1. The van der Waals surface area contributed by atoms with Gasteiger partial charge in [0.15, 0.2) is 0 Å². The average Bonchev–Trinajstić information content (AvgIpc) is 2.46. The van der Waals surface area contributed by atoms with Gasteiger partial charge in [0.2, 0.25) is 5.91 Å². The second-order valence-corrected chi connectivity index (χ2v) is 4.89. The van der Waals surface area contributed by atoms with Crippen LogP contribution in [0, 0.1) is 0 Å². The highest BCUT2D eigenvalue weighted by molar-refractivity contribution is 5.88.